The highest BCUT2D eigenvalue weighted by molar-refractivity contribution is 5.85. The predicted octanol–water partition coefficient (Wildman–Crippen LogP) is 2.25. The largest absolute Gasteiger partial charge is 0.481 e. The highest BCUT2D eigenvalue weighted by Crippen LogP contribution is 2.30. The third-order valence-corrected chi connectivity index (χ3v) is 3.01. The number of nitro benzene ring substituents is 1. The first-order chi connectivity index (χ1) is 10.1. The molecule has 1 aromatic rings. The number of hydrogen-bond donors (Lipinski definition) is 1. The number of carboxylic acids is 1. The number of ether oxygens (including phenoxy) is 2. The fourth-order valence-corrected chi connectivity index (χ4v) is 2.03. The van der Waals surface area contributed by atoms with Crippen molar-refractivity contribution in [3.05, 3.63) is 40.0 Å². The predicted molar refractivity (Wildman–Crippen MR) is 74.2 cm³/mol. The molecule has 0 aliphatic carbocycles. The van der Waals surface area contributed by atoms with Crippen LogP contribution in [0.25, 0.3) is 6.08 Å². The van der Waals surface area contributed by atoms with Gasteiger partial charge in [-0.3, -0.25) is 10.1 Å². The number of hydrogen-bond acceptors (Lipinski definition) is 5. The quantitative estimate of drug-likeness (QED) is 0.508. The third kappa shape index (κ3) is 4.28. The van der Waals surface area contributed by atoms with E-state index < -0.39 is 10.9 Å². The SMILES string of the molecule is O=C(O)/C=C/c1ccc([N+](=O)[O-])c(OC2CCCOC2)c1. The number of nitro groups is 1. The van der Waals surface area contributed by atoms with E-state index in [9.17, 15) is 14.9 Å². The first-order valence-electron chi connectivity index (χ1n) is 6.50. The van der Waals surface area contributed by atoms with Gasteiger partial charge in [0, 0.05) is 18.7 Å². The first-order valence-corrected chi connectivity index (χ1v) is 6.50. The molecule has 1 N–H and O–H groups in total. The van der Waals surface area contributed by atoms with Crippen molar-refractivity contribution in [2.45, 2.75) is 18.9 Å². The summed E-state index contributed by atoms with van der Waals surface area (Å²) < 4.78 is 10.9. The van der Waals surface area contributed by atoms with Crippen LogP contribution >= 0.6 is 0 Å². The molecule has 1 aromatic carbocycles. The first kappa shape index (κ1) is 15.0. The topological polar surface area (TPSA) is 98.9 Å². The Hall–Kier alpha value is -2.41. The lowest BCUT2D eigenvalue weighted by molar-refractivity contribution is -0.386. The molecule has 1 aliphatic rings. The maximum absolute atomic E-state index is 11.0. The van der Waals surface area contributed by atoms with Crippen molar-refractivity contribution < 1.29 is 24.3 Å². The van der Waals surface area contributed by atoms with Gasteiger partial charge in [0.05, 0.1) is 11.5 Å². The van der Waals surface area contributed by atoms with E-state index in [1.807, 2.05) is 0 Å². The molecule has 1 fully saturated rings. The van der Waals surface area contributed by atoms with Gasteiger partial charge in [-0.05, 0) is 36.6 Å². The van der Waals surface area contributed by atoms with Crippen LogP contribution in [0.3, 0.4) is 0 Å². The minimum atomic E-state index is -1.09. The molecular weight excluding hydrogens is 278 g/mol. The Bertz CT molecular complexity index is 563. The molecule has 7 nitrogen and oxygen atoms in total. The number of carboxylic acid groups (broad SMARTS) is 1. The van der Waals surface area contributed by atoms with E-state index in [4.69, 9.17) is 14.6 Å². The molecule has 2 rings (SSSR count). The zero-order valence-electron chi connectivity index (χ0n) is 11.2. The Kier molecular flexibility index (Phi) is 4.89. The lowest BCUT2D eigenvalue weighted by Crippen LogP contribution is -2.28. The van der Waals surface area contributed by atoms with Crippen molar-refractivity contribution in [2.24, 2.45) is 0 Å². The van der Waals surface area contributed by atoms with Gasteiger partial charge in [-0.15, -0.1) is 0 Å². The Morgan fingerprint density at radius 2 is 2.33 bits per heavy atom. The highest BCUT2D eigenvalue weighted by Gasteiger charge is 2.21. The van der Waals surface area contributed by atoms with Crippen LogP contribution in [0.4, 0.5) is 5.69 Å². The van der Waals surface area contributed by atoms with Crippen molar-refractivity contribution in [3.63, 3.8) is 0 Å². The molecule has 7 heteroatoms. The summed E-state index contributed by atoms with van der Waals surface area (Å²) in [7, 11) is 0. The van der Waals surface area contributed by atoms with Gasteiger partial charge in [0.15, 0.2) is 5.75 Å². The molecule has 0 spiro atoms. The molecule has 0 bridgehead atoms. The summed E-state index contributed by atoms with van der Waals surface area (Å²) in [4.78, 5) is 21.0. The molecule has 112 valence electrons. The minimum Gasteiger partial charge on any atom is -0.481 e. The van der Waals surface area contributed by atoms with Crippen LogP contribution < -0.4 is 4.74 Å². The van der Waals surface area contributed by atoms with E-state index in [2.05, 4.69) is 0 Å². The summed E-state index contributed by atoms with van der Waals surface area (Å²) in [5.74, 6) is -0.959. The average Bonchev–Trinajstić information content (AvgIpc) is 2.46. The number of rotatable bonds is 5. The second-order valence-corrected chi connectivity index (χ2v) is 4.61. The molecule has 0 radical (unpaired) electrons. The van der Waals surface area contributed by atoms with Crippen LogP contribution in [0.2, 0.25) is 0 Å². The molecule has 0 saturated carbocycles. The lowest BCUT2D eigenvalue weighted by Gasteiger charge is -2.23. The maximum Gasteiger partial charge on any atom is 0.328 e. The van der Waals surface area contributed by atoms with Gasteiger partial charge in [-0.2, -0.15) is 0 Å². The molecule has 0 amide bonds. The second-order valence-electron chi connectivity index (χ2n) is 4.61. The van der Waals surface area contributed by atoms with E-state index in [1.54, 1.807) is 0 Å². The normalized spacial score (nSPS) is 18.6. The summed E-state index contributed by atoms with van der Waals surface area (Å²) in [6, 6.07) is 4.24. The maximum atomic E-state index is 11.0. The van der Waals surface area contributed by atoms with Crippen molar-refractivity contribution >= 4 is 17.7 Å². The van der Waals surface area contributed by atoms with Crippen molar-refractivity contribution in [1.29, 1.82) is 0 Å². The molecule has 1 aliphatic heterocycles. The van der Waals surface area contributed by atoms with Crippen LogP contribution in [0, 0.1) is 10.1 Å². The van der Waals surface area contributed by atoms with Gasteiger partial charge in [0.2, 0.25) is 0 Å². The van der Waals surface area contributed by atoms with Crippen molar-refractivity contribution in [3.8, 4) is 5.75 Å². The number of benzene rings is 1. The number of carbonyl (C=O) groups is 1. The van der Waals surface area contributed by atoms with E-state index in [0.29, 0.717) is 18.8 Å². The number of aliphatic carboxylic acids is 1. The van der Waals surface area contributed by atoms with E-state index in [0.717, 1.165) is 18.9 Å². The van der Waals surface area contributed by atoms with Crippen LogP contribution in [0.1, 0.15) is 18.4 Å². The van der Waals surface area contributed by atoms with Crippen LogP contribution in [-0.2, 0) is 9.53 Å². The Labute approximate surface area is 120 Å². The third-order valence-electron chi connectivity index (χ3n) is 3.01. The Morgan fingerprint density at radius 1 is 1.52 bits per heavy atom. The molecule has 1 unspecified atom stereocenters. The van der Waals surface area contributed by atoms with Crippen LogP contribution in [0.5, 0.6) is 5.75 Å². The minimum absolute atomic E-state index is 0.128. The van der Waals surface area contributed by atoms with Gasteiger partial charge in [0.1, 0.15) is 6.10 Å². The second kappa shape index (κ2) is 6.85. The van der Waals surface area contributed by atoms with Gasteiger partial charge in [-0.25, -0.2) is 4.79 Å². The molecule has 1 atom stereocenters. The summed E-state index contributed by atoms with van der Waals surface area (Å²) in [6.07, 6.45) is 3.71. The molecule has 1 heterocycles. The molecular formula is C14H15NO6. The van der Waals surface area contributed by atoms with Gasteiger partial charge >= 0.3 is 11.7 Å². The zero-order chi connectivity index (χ0) is 15.2. The van der Waals surface area contributed by atoms with Gasteiger partial charge in [0.25, 0.3) is 0 Å². The monoisotopic (exact) mass is 293 g/mol. The zero-order valence-corrected chi connectivity index (χ0v) is 11.2. The Morgan fingerprint density at radius 3 is 2.95 bits per heavy atom. The van der Waals surface area contributed by atoms with Crippen LogP contribution in [0.15, 0.2) is 24.3 Å². The fraction of sp³-hybridized carbons (Fsp3) is 0.357. The standard InChI is InChI=1S/C14H15NO6/c16-14(17)6-4-10-3-5-12(15(18)19)13(8-10)21-11-2-1-7-20-9-11/h3-6,8,11H,1-2,7,9H2,(H,16,17)/b6-4+. The summed E-state index contributed by atoms with van der Waals surface area (Å²) in [5.41, 5.74) is 0.378. The molecule has 0 aromatic heterocycles. The summed E-state index contributed by atoms with van der Waals surface area (Å²) in [5, 5.41) is 19.6. The van der Waals surface area contributed by atoms with Crippen LogP contribution in [-0.4, -0.2) is 35.3 Å². The van der Waals surface area contributed by atoms with Crippen molar-refractivity contribution in [1.82, 2.24) is 0 Å². The summed E-state index contributed by atoms with van der Waals surface area (Å²) >= 11 is 0. The van der Waals surface area contributed by atoms with E-state index in [-0.39, 0.29) is 17.5 Å². The molecule has 1 saturated heterocycles. The van der Waals surface area contributed by atoms with Crippen molar-refractivity contribution in [2.75, 3.05) is 13.2 Å². The van der Waals surface area contributed by atoms with Gasteiger partial charge < -0.3 is 14.6 Å². The summed E-state index contributed by atoms with van der Waals surface area (Å²) in [6.45, 7) is 1.07. The highest BCUT2D eigenvalue weighted by atomic mass is 16.6. The number of nitrogens with zero attached hydrogens (tertiary/aromatic N) is 1. The van der Waals surface area contributed by atoms with E-state index >= 15 is 0 Å². The average molecular weight is 293 g/mol. The smallest absolute Gasteiger partial charge is 0.328 e. The van der Waals surface area contributed by atoms with Gasteiger partial charge in [-0.1, -0.05) is 0 Å². The lowest BCUT2D eigenvalue weighted by atomic mass is 10.1. The van der Waals surface area contributed by atoms with E-state index in [1.165, 1.54) is 24.3 Å². The fourth-order valence-electron chi connectivity index (χ4n) is 2.03. The molecule has 21 heavy (non-hydrogen) atoms. The Balaban J connectivity index is 2.23.